The quantitative estimate of drug-likeness (QED) is 0.138. The Morgan fingerprint density at radius 1 is 0.786 bits per heavy atom. The van der Waals surface area contributed by atoms with Crippen molar-refractivity contribution < 1.29 is 71.5 Å². The van der Waals surface area contributed by atoms with Gasteiger partial charge in [0.2, 0.25) is 0 Å². The van der Waals surface area contributed by atoms with Gasteiger partial charge in [0.25, 0.3) is 0 Å². The molecule has 28 heavy (non-hydrogen) atoms. The molecule has 1 aromatic carbocycles. The van der Waals surface area contributed by atoms with E-state index in [1.807, 2.05) is 30.3 Å². The predicted octanol–water partition coefficient (Wildman–Crippen LogP) is 1.86. The fraction of sp³-hybridized carbons (Fsp3) is 0.625. The normalized spacial score (nSPS) is 10.3. The van der Waals surface area contributed by atoms with Gasteiger partial charge < -0.3 is 7.59 Å². The molecule has 0 saturated carbocycles. The number of allylic oxidation sites excluding steroid dienone is 2. The van der Waals surface area contributed by atoms with Crippen LogP contribution in [0.4, 0.5) is 0 Å². The van der Waals surface area contributed by atoms with Gasteiger partial charge in [-0.3, -0.25) is 4.79 Å². The third-order valence-electron chi connectivity index (χ3n) is 4.62. The number of carbonyl (C=O) groups is 1. The third kappa shape index (κ3) is 19.7. The maximum atomic E-state index is 11.7. The first-order chi connectivity index (χ1) is 12.8. The average Bonchev–Trinajstić information content (AvgIpc) is 2.65. The zero-order chi connectivity index (χ0) is 18.7. The Balaban J connectivity index is -0.000000845. The van der Waals surface area contributed by atoms with E-state index in [4.69, 9.17) is 4.74 Å². The van der Waals surface area contributed by atoms with Crippen molar-refractivity contribution in [3.63, 3.8) is 0 Å². The zero-order valence-electron chi connectivity index (χ0n) is 20.8. The van der Waals surface area contributed by atoms with Crippen LogP contribution < -0.4 is 63.9 Å². The molecule has 0 heterocycles. The minimum Gasteiger partial charge on any atom is -1.00 e. The second kappa shape index (κ2) is 23.7. The molecule has 0 fully saturated rings. The smallest absolute Gasteiger partial charge is 1.00 e. The minimum absolute atomic E-state index is 0. The number of esters is 1. The zero-order valence-corrected chi connectivity index (χ0v) is 22.8. The Morgan fingerprint density at radius 2 is 1.29 bits per heavy atom. The van der Waals surface area contributed by atoms with E-state index in [1.54, 1.807) is 0 Å². The molecule has 0 amide bonds. The second-order valence-electron chi connectivity index (χ2n) is 7.12. The van der Waals surface area contributed by atoms with Gasteiger partial charge >= 0.3 is 65.1 Å². The van der Waals surface area contributed by atoms with Crippen molar-refractivity contribution in [1.82, 2.24) is 0 Å². The Morgan fingerprint density at radius 3 is 1.86 bits per heavy atom. The maximum absolute atomic E-state index is 11.7. The summed E-state index contributed by atoms with van der Waals surface area (Å²) in [4.78, 5) is 11.7. The number of para-hydroxylation sites is 1. The minimum atomic E-state index is -0.117. The van der Waals surface area contributed by atoms with Crippen molar-refractivity contribution in [2.45, 2.75) is 96.8 Å². The van der Waals surface area contributed by atoms with Crippen molar-refractivity contribution in [3.05, 3.63) is 42.5 Å². The van der Waals surface area contributed by atoms with Gasteiger partial charge in [-0.2, -0.15) is 0 Å². The van der Waals surface area contributed by atoms with Crippen LogP contribution in [0.3, 0.4) is 0 Å². The van der Waals surface area contributed by atoms with Gasteiger partial charge in [-0.05, 0) is 44.2 Å². The molecule has 0 radical (unpaired) electrons. The second-order valence-corrected chi connectivity index (χ2v) is 7.12. The van der Waals surface area contributed by atoms with Crippen LogP contribution in [0.1, 0.15) is 99.7 Å². The molecule has 1 aromatic rings. The molecular weight excluding hydrogens is 366 g/mol. The molecule has 4 heteroatoms. The summed E-state index contributed by atoms with van der Waals surface area (Å²) in [5, 5.41) is 0. The van der Waals surface area contributed by atoms with Crippen LogP contribution in [0.25, 0.3) is 0 Å². The number of ether oxygens (including phenoxy) is 1. The Labute approximate surface area is 220 Å². The first-order valence-electron chi connectivity index (χ1n) is 10.7. The molecular formula is C24H40Na2O2. The van der Waals surface area contributed by atoms with E-state index >= 15 is 0 Å². The van der Waals surface area contributed by atoms with Gasteiger partial charge in [0, 0.05) is 6.42 Å². The van der Waals surface area contributed by atoms with E-state index in [2.05, 4.69) is 19.1 Å². The summed E-state index contributed by atoms with van der Waals surface area (Å²) < 4.78 is 5.29. The monoisotopic (exact) mass is 406 g/mol. The van der Waals surface area contributed by atoms with Crippen LogP contribution in [0.5, 0.6) is 5.75 Å². The molecule has 2 nitrogen and oxygen atoms in total. The molecule has 0 spiro atoms. The first-order valence-corrected chi connectivity index (χ1v) is 10.7. The number of unbranched alkanes of at least 4 members (excludes halogenated alkanes) is 11. The summed E-state index contributed by atoms with van der Waals surface area (Å²) in [7, 11) is 0. The van der Waals surface area contributed by atoms with Crippen LogP contribution in [-0.2, 0) is 4.79 Å². The standard InChI is InChI=1S/C24H38O2.2Na.2H/c1-2-3-4-5-6-7-8-9-10-11-12-13-14-15-19-22-24(25)26-23-20-17-16-18-21-23;;;;/h9-10,16-18,20-21H,2-8,11-15,19,22H2,1H3;;;;/q;2*+1;2*-1/b10-9-;;;;. The first kappa shape index (κ1) is 30.6. The fourth-order valence-electron chi connectivity index (χ4n) is 3.01. The van der Waals surface area contributed by atoms with E-state index in [1.165, 1.54) is 70.6 Å². The Kier molecular flexibility index (Phi) is 25.9. The maximum Gasteiger partial charge on any atom is 1.00 e. The number of rotatable bonds is 16. The van der Waals surface area contributed by atoms with Crippen LogP contribution in [-0.4, -0.2) is 5.97 Å². The van der Waals surface area contributed by atoms with Crippen molar-refractivity contribution in [2.75, 3.05) is 0 Å². The molecule has 150 valence electrons. The number of carbonyl (C=O) groups excluding carboxylic acids is 1. The summed E-state index contributed by atoms with van der Waals surface area (Å²) in [5.74, 6) is 0.527. The summed E-state index contributed by atoms with van der Waals surface area (Å²) in [6.45, 7) is 2.27. The predicted molar refractivity (Wildman–Crippen MR) is 114 cm³/mol. The molecule has 0 bridgehead atoms. The summed E-state index contributed by atoms with van der Waals surface area (Å²) in [6.07, 6.45) is 21.7. The van der Waals surface area contributed by atoms with Gasteiger partial charge in [0.15, 0.2) is 0 Å². The molecule has 0 atom stereocenters. The van der Waals surface area contributed by atoms with Crippen molar-refractivity contribution in [3.8, 4) is 5.75 Å². The third-order valence-corrected chi connectivity index (χ3v) is 4.62. The molecule has 1 rings (SSSR count). The van der Waals surface area contributed by atoms with E-state index < -0.39 is 0 Å². The van der Waals surface area contributed by atoms with Gasteiger partial charge in [-0.1, -0.05) is 88.6 Å². The van der Waals surface area contributed by atoms with E-state index in [-0.39, 0.29) is 67.9 Å². The largest absolute Gasteiger partial charge is 1.00 e. The van der Waals surface area contributed by atoms with Crippen LogP contribution in [0.2, 0.25) is 0 Å². The molecule has 0 aliphatic carbocycles. The molecule has 0 aromatic heterocycles. The van der Waals surface area contributed by atoms with Crippen molar-refractivity contribution >= 4 is 5.97 Å². The van der Waals surface area contributed by atoms with Crippen molar-refractivity contribution in [1.29, 1.82) is 0 Å². The van der Waals surface area contributed by atoms with Crippen LogP contribution >= 0.6 is 0 Å². The fourth-order valence-corrected chi connectivity index (χ4v) is 3.01. The number of benzene rings is 1. The molecule has 0 saturated heterocycles. The SMILES string of the molecule is CCCCCCCC/C=C\CCCCCCCC(=O)Oc1ccccc1.[H-].[H-].[Na+].[Na+]. The molecule has 0 N–H and O–H groups in total. The van der Waals surface area contributed by atoms with E-state index in [0.29, 0.717) is 12.2 Å². The molecule has 0 aliphatic heterocycles. The summed E-state index contributed by atoms with van der Waals surface area (Å²) in [6, 6.07) is 9.31. The van der Waals surface area contributed by atoms with Crippen LogP contribution in [0, 0.1) is 0 Å². The van der Waals surface area contributed by atoms with E-state index in [9.17, 15) is 4.79 Å². The van der Waals surface area contributed by atoms with Gasteiger partial charge in [-0.15, -0.1) is 0 Å². The summed E-state index contributed by atoms with van der Waals surface area (Å²) >= 11 is 0. The molecule has 0 aliphatic rings. The summed E-state index contributed by atoms with van der Waals surface area (Å²) in [5.41, 5.74) is 0. The van der Waals surface area contributed by atoms with Crippen molar-refractivity contribution in [2.24, 2.45) is 0 Å². The van der Waals surface area contributed by atoms with Gasteiger partial charge in [-0.25, -0.2) is 0 Å². The Bertz CT molecular complexity index is 485. The van der Waals surface area contributed by atoms with Gasteiger partial charge in [0.05, 0.1) is 0 Å². The van der Waals surface area contributed by atoms with Crippen LogP contribution in [0.15, 0.2) is 42.5 Å². The molecule has 0 unspecified atom stereocenters. The van der Waals surface area contributed by atoms with Gasteiger partial charge in [0.1, 0.15) is 5.75 Å². The average molecular weight is 407 g/mol. The number of hydrogen-bond donors (Lipinski definition) is 0. The van der Waals surface area contributed by atoms with E-state index in [0.717, 1.165) is 12.8 Å². The topological polar surface area (TPSA) is 26.3 Å². The Hall–Kier alpha value is 0.430. The number of hydrogen-bond acceptors (Lipinski definition) is 2.